The molecule has 0 saturated carbocycles. The van der Waals surface area contributed by atoms with Crippen LogP contribution in [0.15, 0.2) is 52.8 Å². The van der Waals surface area contributed by atoms with E-state index in [9.17, 15) is 14.4 Å². The number of amides is 2. The van der Waals surface area contributed by atoms with Crippen molar-refractivity contribution in [3.8, 4) is 0 Å². The molecule has 2 aromatic heterocycles. The molecule has 1 unspecified atom stereocenters. The quantitative estimate of drug-likeness (QED) is 0.665. The molecule has 3 heterocycles. The molecule has 1 fully saturated rings. The molecule has 4 rings (SSSR count). The summed E-state index contributed by atoms with van der Waals surface area (Å²) in [5.41, 5.74) is 0.924. The van der Waals surface area contributed by atoms with E-state index in [0.29, 0.717) is 35.9 Å². The van der Waals surface area contributed by atoms with E-state index in [1.807, 2.05) is 30.3 Å². The number of urea groups is 1. The van der Waals surface area contributed by atoms with Gasteiger partial charge in [-0.2, -0.15) is 0 Å². The standard InChI is InChI=1S/C20H20N4O4S/c25-17-11-16(22-20-24(17)9-10-29-20)13-28-18(26)14-5-4-8-23(12-14)19(27)21-15-6-2-1-3-7-15/h1-3,6-7,9-11,14H,4-5,8,12-13H2,(H,21,27). The molecule has 1 N–H and O–H groups in total. The van der Waals surface area contributed by atoms with E-state index in [4.69, 9.17) is 4.74 Å². The van der Waals surface area contributed by atoms with Gasteiger partial charge in [0.05, 0.1) is 11.6 Å². The van der Waals surface area contributed by atoms with Crippen LogP contribution in [0.5, 0.6) is 0 Å². The summed E-state index contributed by atoms with van der Waals surface area (Å²) in [6.07, 6.45) is 3.04. The minimum atomic E-state index is -0.392. The second kappa shape index (κ2) is 8.44. The zero-order valence-electron chi connectivity index (χ0n) is 15.6. The van der Waals surface area contributed by atoms with Crippen molar-refractivity contribution in [3.63, 3.8) is 0 Å². The number of fused-ring (bicyclic) bond motifs is 1. The van der Waals surface area contributed by atoms with Crippen LogP contribution in [0.1, 0.15) is 18.5 Å². The van der Waals surface area contributed by atoms with Gasteiger partial charge in [-0.05, 0) is 25.0 Å². The van der Waals surface area contributed by atoms with Gasteiger partial charge in [0.15, 0.2) is 4.96 Å². The minimum Gasteiger partial charge on any atom is -0.459 e. The van der Waals surface area contributed by atoms with Gasteiger partial charge in [0.1, 0.15) is 6.61 Å². The third-order valence-electron chi connectivity index (χ3n) is 4.79. The van der Waals surface area contributed by atoms with E-state index < -0.39 is 5.92 Å². The average molecular weight is 412 g/mol. The van der Waals surface area contributed by atoms with E-state index in [1.54, 1.807) is 16.5 Å². The van der Waals surface area contributed by atoms with Gasteiger partial charge in [0.2, 0.25) is 0 Å². The first-order valence-electron chi connectivity index (χ1n) is 9.33. The maximum Gasteiger partial charge on any atom is 0.321 e. The summed E-state index contributed by atoms with van der Waals surface area (Å²) in [7, 11) is 0. The summed E-state index contributed by atoms with van der Waals surface area (Å²) in [4.78, 5) is 43.5. The van der Waals surface area contributed by atoms with Gasteiger partial charge in [-0.3, -0.25) is 14.0 Å². The largest absolute Gasteiger partial charge is 0.459 e. The normalized spacial score (nSPS) is 16.6. The zero-order chi connectivity index (χ0) is 20.2. The molecule has 0 bridgehead atoms. The molecule has 29 heavy (non-hydrogen) atoms. The lowest BCUT2D eigenvalue weighted by Crippen LogP contribution is -2.44. The Morgan fingerprint density at radius 1 is 1.28 bits per heavy atom. The molecule has 150 valence electrons. The van der Waals surface area contributed by atoms with E-state index >= 15 is 0 Å². The number of hydrogen-bond acceptors (Lipinski definition) is 6. The van der Waals surface area contributed by atoms with Gasteiger partial charge in [-0.1, -0.05) is 18.2 Å². The summed E-state index contributed by atoms with van der Waals surface area (Å²) < 4.78 is 6.84. The molecule has 9 heteroatoms. The maximum atomic E-state index is 12.5. The number of likely N-dealkylation sites (tertiary alicyclic amines) is 1. The Kier molecular flexibility index (Phi) is 5.57. The smallest absolute Gasteiger partial charge is 0.321 e. The zero-order valence-corrected chi connectivity index (χ0v) is 16.4. The number of nitrogens with one attached hydrogen (secondary N) is 1. The van der Waals surface area contributed by atoms with Crippen molar-refractivity contribution in [1.29, 1.82) is 0 Å². The van der Waals surface area contributed by atoms with Crippen LogP contribution in [0.3, 0.4) is 0 Å². The number of esters is 1. The van der Waals surface area contributed by atoms with Crippen LogP contribution in [0, 0.1) is 5.92 Å². The highest BCUT2D eigenvalue weighted by atomic mass is 32.1. The topological polar surface area (TPSA) is 93.0 Å². The first-order valence-corrected chi connectivity index (χ1v) is 10.2. The molecule has 1 aliphatic heterocycles. The van der Waals surface area contributed by atoms with Gasteiger partial charge in [0.25, 0.3) is 5.56 Å². The Morgan fingerprint density at radius 3 is 2.93 bits per heavy atom. The van der Waals surface area contributed by atoms with E-state index in [1.165, 1.54) is 21.8 Å². The van der Waals surface area contributed by atoms with Crippen LogP contribution in [-0.4, -0.2) is 39.4 Å². The fourth-order valence-electron chi connectivity index (χ4n) is 3.30. The van der Waals surface area contributed by atoms with Crippen molar-refractivity contribution in [2.24, 2.45) is 5.92 Å². The number of piperidine rings is 1. The number of thiazole rings is 1. The van der Waals surface area contributed by atoms with Gasteiger partial charge < -0.3 is 15.0 Å². The highest BCUT2D eigenvalue weighted by Gasteiger charge is 2.29. The first-order chi connectivity index (χ1) is 14.1. The first kappa shape index (κ1) is 19.1. The number of ether oxygens (including phenoxy) is 1. The number of nitrogens with zero attached hydrogens (tertiary/aromatic N) is 3. The van der Waals surface area contributed by atoms with Crippen LogP contribution in [0.2, 0.25) is 0 Å². The number of anilines is 1. The van der Waals surface area contributed by atoms with Crippen molar-refractivity contribution in [2.75, 3.05) is 18.4 Å². The van der Waals surface area contributed by atoms with Crippen LogP contribution < -0.4 is 10.9 Å². The summed E-state index contributed by atoms with van der Waals surface area (Å²) >= 11 is 1.34. The Labute approximate surface area is 170 Å². The second-order valence-corrected chi connectivity index (χ2v) is 7.70. The number of carbonyl (C=O) groups is 2. The van der Waals surface area contributed by atoms with Gasteiger partial charge >= 0.3 is 12.0 Å². The number of rotatable bonds is 4. The predicted octanol–water partition coefficient (Wildman–Crippen LogP) is 2.74. The lowest BCUT2D eigenvalue weighted by atomic mass is 9.98. The molecule has 0 aliphatic carbocycles. The van der Waals surface area contributed by atoms with Crippen LogP contribution in [0.4, 0.5) is 10.5 Å². The summed E-state index contributed by atoms with van der Waals surface area (Å²) in [6.45, 7) is 0.836. The lowest BCUT2D eigenvalue weighted by molar-refractivity contribution is -0.151. The molecule has 1 atom stereocenters. The Balaban J connectivity index is 1.34. The Morgan fingerprint density at radius 2 is 2.10 bits per heavy atom. The number of benzene rings is 1. The molecule has 2 amide bonds. The second-order valence-electron chi connectivity index (χ2n) is 6.83. The van der Waals surface area contributed by atoms with E-state index in [2.05, 4.69) is 10.3 Å². The molecular weight excluding hydrogens is 392 g/mol. The lowest BCUT2D eigenvalue weighted by Gasteiger charge is -2.31. The molecular formula is C20H20N4O4S. The van der Waals surface area contributed by atoms with Crippen molar-refractivity contribution in [3.05, 3.63) is 64.0 Å². The predicted molar refractivity (Wildman–Crippen MR) is 109 cm³/mol. The molecule has 3 aromatic rings. The highest BCUT2D eigenvalue weighted by molar-refractivity contribution is 7.15. The fraction of sp³-hybridized carbons (Fsp3) is 0.300. The summed E-state index contributed by atoms with van der Waals surface area (Å²) in [5, 5.41) is 4.61. The molecule has 1 aliphatic rings. The minimum absolute atomic E-state index is 0.0603. The maximum absolute atomic E-state index is 12.5. The Bertz CT molecular complexity index is 1080. The number of para-hydroxylation sites is 1. The highest BCUT2D eigenvalue weighted by Crippen LogP contribution is 2.20. The number of aromatic nitrogens is 2. The number of hydrogen-bond donors (Lipinski definition) is 1. The van der Waals surface area contributed by atoms with E-state index in [-0.39, 0.29) is 24.2 Å². The van der Waals surface area contributed by atoms with E-state index in [0.717, 1.165) is 6.42 Å². The van der Waals surface area contributed by atoms with Crippen molar-refractivity contribution < 1.29 is 14.3 Å². The van der Waals surface area contributed by atoms with Crippen molar-refractivity contribution >= 4 is 34.0 Å². The van der Waals surface area contributed by atoms with Crippen LogP contribution >= 0.6 is 11.3 Å². The fourth-order valence-corrected chi connectivity index (χ4v) is 4.04. The van der Waals surface area contributed by atoms with Crippen LogP contribution in [-0.2, 0) is 16.1 Å². The Hall–Kier alpha value is -3.20. The monoisotopic (exact) mass is 412 g/mol. The van der Waals surface area contributed by atoms with Gasteiger partial charge in [0, 0.05) is 36.4 Å². The molecule has 0 spiro atoms. The third kappa shape index (κ3) is 4.45. The average Bonchev–Trinajstić information content (AvgIpc) is 3.22. The van der Waals surface area contributed by atoms with Crippen molar-refractivity contribution in [2.45, 2.75) is 19.4 Å². The molecule has 8 nitrogen and oxygen atoms in total. The van der Waals surface area contributed by atoms with Gasteiger partial charge in [-0.15, -0.1) is 11.3 Å². The summed E-state index contributed by atoms with van der Waals surface area (Å²) in [5.74, 6) is -0.771. The molecule has 0 radical (unpaired) electrons. The summed E-state index contributed by atoms with van der Waals surface area (Å²) in [6, 6.07) is 10.3. The van der Waals surface area contributed by atoms with Crippen molar-refractivity contribution in [1.82, 2.24) is 14.3 Å². The van der Waals surface area contributed by atoms with Gasteiger partial charge in [-0.25, -0.2) is 9.78 Å². The van der Waals surface area contributed by atoms with Crippen LogP contribution in [0.25, 0.3) is 4.96 Å². The number of carbonyl (C=O) groups excluding carboxylic acids is 2. The third-order valence-corrected chi connectivity index (χ3v) is 5.54. The molecule has 1 aromatic carbocycles. The SMILES string of the molecule is O=C(OCc1cc(=O)n2ccsc2n1)C1CCCN(C(=O)Nc2ccccc2)C1. The molecule has 1 saturated heterocycles.